The third kappa shape index (κ3) is 5.82. The molecular weight excluding hydrogens is 295 g/mol. The second kappa shape index (κ2) is 8.58. The molecule has 0 aliphatic heterocycles. The Morgan fingerprint density at radius 2 is 2.00 bits per heavy atom. The van der Waals surface area contributed by atoms with Crippen molar-refractivity contribution >= 4 is 17.9 Å². The fourth-order valence-electron chi connectivity index (χ4n) is 1.93. The molecule has 0 bridgehead atoms. The molecule has 4 nitrogen and oxygen atoms in total. The fourth-order valence-corrected chi connectivity index (χ4v) is 1.93. The van der Waals surface area contributed by atoms with Crippen LogP contribution in [0.5, 0.6) is 0 Å². The molecule has 2 aromatic carbocycles. The number of amides is 1. The molecule has 0 radical (unpaired) electrons. The highest BCUT2D eigenvalue weighted by atomic mass is 19.1. The maximum Gasteiger partial charge on any atom is 0.407 e. The molecule has 0 aliphatic rings. The summed E-state index contributed by atoms with van der Waals surface area (Å²) < 4.78 is 18.2. The van der Waals surface area contributed by atoms with E-state index in [1.165, 1.54) is 18.2 Å². The molecule has 1 amide bonds. The molecule has 0 heterocycles. The van der Waals surface area contributed by atoms with Crippen LogP contribution in [0.4, 0.5) is 14.9 Å². The number of hydrogen-bond acceptors (Lipinski definition) is 3. The molecule has 23 heavy (non-hydrogen) atoms. The lowest BCUT2D eigenvalue weighted by Gasteiger charge is -2.06. The van der Waals surface area contributed by atoms with E-state index >= 15 is 0 Å². The number of halogens is 1. The van der Waals surface area contributed by atoms with Gasteiger partial charge in [0.05, 0.1) is 0 Å². The SMILES string of the molecule is Nc1ccc(F)cc1C=CCCNC(=O)OCc1ccccc1. The predicted octanol–water partition coefficient (Wildman–Crippen LogP) is 3.74. The average Bonchev–Trinajstić information content (AvgIpc) is 2.56. The van der Waals surface area contributed by atoms with Crippen molar-refractivity contribution in [2.24, 2.45) is 0 Å². The van der Waals surface area contributed by atoms with E-state index in [4.69, 9.17) is 10.5 Å². The summed E-state index contributed by atoms with van der Waals surface area (Å²) in [5.41, 5.74) is 7.81. The Morgan fingerprint density at radius 1 is 1.22 bits per heavy atom. The molecular formula is C18H19FN2O2. The van der Waals surface area contributed by atoms with Crippen molar-refractivity contribution in [1.82, 2.24) is 5.32 Å². The molecule has 0 spiro atoms. The van der Waals surface area contributed by atoms with Gasteiger partial charge in [-0.15, -0.1) is 0 Å². The summed E-state index contributed by atoms with van der Waals surface area (Å²) in [6.07, 6.45) is 3.68. The Morgan fingerprint density at radius 3 is 2.78 bits per heavy atom. The van der Waals surface area contributed by atoms with Crippen LogP contribution in [0.3, 0.4) is 0 Å². The fraction of sp³-hybridized carbons (Fsp3) is 0.167. The number of nitrogens with one attached hydrogen (secondary N) is 1. The number of nitrogen functional groups attached to an aromatic ring is 1. The highest BCUT2D eigenvalue weighted by molar-refractivity contribution is 5.67. The van der Waals surface area contributed by atoms with Crippen LogP contribution in [-0.4, -0.2) is 12.6 Å². The van der Waals surface area contributed by atoms with Gasteiger partial charge in [0.25, 0.3) is 0 Å². The molecule has 120 valence electrons. The minimum atomic E-state index is -0.465. The first-order valence-electron chi connectivity index (χ1n) is 7.31. The first-order chi connectivity index (χ1) is 11.1. The van der Waals surface area contributed by atoms with Crippen molar-refractivity contribution in [3.8, 4) is 0 Å². The van der Waals surface area contributed by atoms with E-state index in [9.17, 15) is 9.18 Å². The summed E-state index contributed by atoms with van der Waals surface area (Å²) in [4.78, 5) is 11.5. The van der Waals surface area contributed by atoms with Crippen molar-refractivity contribution < 1.29 is 13.9 Å². The van der Waals surface area contributed by atoms with Crippen molar-refractivity contribution in [3.05, 3.63) is 71.6 Å². The lowest BCUT2D eigenvalue weighted by Crippen LogP contribution is -2.24. The lowest BCUT2D eigenvalue weighted by atomic mass is 10.1. The molecule has 0 saturated heterocycles. The maximum atomic E-state index is 13.1. The topological polar surface area (TPSA) is 64.3 Å². The average molecular weight is 314 g/mol. The number of rotatable bonds is 6. The number of anilines is 1. The monoisotopic (exact) mass is 314 g/mol. The normalized spacial score (nSPS) is 10.7. The number of hydrogen-bond donors (Lipinski definition) is 2. The zero-order chi connectivity index (χ0) is 16.5. The standard InChI is InChI=1S/C18H19FN2O2/c19-16-9-10-17(20)15(12-16)8-4-5-11-21-18(22)23-13-14-6-2-1-3-7-14/h1-4,6-10,12H,5,11,13,20H2,(H,21,22). The Kier molecular flexibility index (Phi) is 6.17. The summed E-state index contributed by atoms with van der Waals surface area (Å²) in [5.74, 6) is -0.332. The summed E-state index contributed by atoms with van der Waals surface area (Å²) in [6.45, 7) is 0.668. The van der Waals surface area contributed by atoms with Gasteiger partial charge in [-0.3, -0.25) is 0 Å². The maximum absolute atomic E-state index is 13.1. The Balaban J connectivity index is 1.67. The Bertz CT molecular complexity index is 672. The van der Waals surface area contributed by atoms with Crippen molar-refractivity contribution in [2.45, 2.75) is 13.0 Å². The zero-order valence-corrected chi connectivity index (χ0v) is 12.7. The second-order valence-electron chi connectivity index (χ2n) is 4.95. The third-order valence-corrected chi connectivity index (χ3v) is 3.14. The van der Waals surface area contributed by atoms with Gasteiger partial charge in [-0.05, 0) is 35.7 Å². The summed E-state index contributed by atoms with van der Waals surface area (Å²) in [5, 5.41) is 2.65. The van der Waals surface area contributed by atoms with Gasteiger partial charge in [0.1, 0.15) is 12.4 Å². The number of benzene rings is 2. The van der Waals surface area contributed by atoms with Crippen LogP contribution in [-0.2, 0) is 11.3 Å². The molecule has 2 aromatic rings. The second-order valence-corrected chi connectivity index (χ2v) is 4.95. The third-order valence-electron chi connectivity index (χ3n) is 3.14. The Hall–Kier alpha value is -2.82. The Labute approximate surface area is 134 Å². The van der Waals surface area contributed by atoms with Crippen LogP contribution >= 0.6 is 0 Å². The molecule has 2 rings (SSSR count). The van der Waals surface area contributed by atoms with E-state index in [0.717, 1.165) is 5.56 Å². The number of alkyl carbamates (subject to hydrolysis) is 1. The first-order valence-corrected chi connectivity index (χ1v) is 7.31. The van der Waals surface area contributed by atoms with E-state index in [-0.39, 0.29) is 12.4 Å². The van der Waals surface area contributed by atoms with Gasteiger partial charge in [-0.1, -0.05) is 42.5 Å². The van der Waals surface area contributed by atoms with E-state index in [0.29, 0.717) is 24.2 Å². The van der Waals surface area contributed by atoms with Crippen molar-refractivity contribution in [1.29, 1.82) is 0 Å². The first kappa shape index (κ1) is 16.5. The summed E-state index contributed by atoms with van der Waals surface area (Å²) >= 11 is 0. The predicted molar refractivity (Wildman–Crippen MR) is 89.1 cm³/mol. The van der Waals surface area contributed by atoms with Crippen LogP contribution < -0.4 is 11.1 Å². The van der Waals surface area contributed by atoms with Gasteiger partial charge in [-0.2, -0.15) is 0 Å². The minimum absolute atomic E-state index is 0.238. The molecule has 0 fully saturated rings. The van der Waals surface area contributed by atoms with Crippen molar-refractivity contribution in [2.75, 3.05) is 12.3 Å². The largest absolute Gasteiger partial charge is 0.445 e. The van der Waals surface area contributed by atoms with Crippen LogP contribution in [0.1, 0.15) is 17.5 Å². The van der Waals surface area contributed by atoms with Gasteiger partial charge in [-0.25, -0.2) is 9.18 Å². The van der Waals surface area contributed by atoms with E-state index in [1.54, 1.807) is 6.08 Å². The van der Waals surface area contributed by atoms with Gasteiger partial charge < -0.3 is 15.8 Å². The lowest BCUT2D eigenvalue weighted by molar-refractivity contribution is 0.140. The van der Waals surface area contributed by atoms with Crippen LogP contribution in [0.25, 0.3) is 6.08 Å². The van der Waals surface area contributed by atoms with E-state index < -0.39 is 6.09 Å². The quantitative estimate of drug-likeness (QED) is 0.630. The number of carbonyl (C=O) groups excluding carboxylic acids is 1. The number of ether oxygens (including phenoxy) is 1. The van der Waals surface area contributed by atoms with E-state index in [1.807, 2.05) is 36.4 Å². The van der Waals surface area contributed by atoms with Gasteiger partial charge in [0.15, 0.2) is 0 Å². The molecule has 0 aromatic heterocycles. The minimum Gasteiger partial charge on any atom is -0.445 e. The highest BCUT2D eigenvalue weighted by Crippen LogP contribution is 2.15. The van der Waals surface area contributed by atoms with Gasteiger partial charge in [0, 0.05) is 12.2 Å². The van der Waals surface area contributed by atoms with Crippen molar-refractivity contribution in [3.63, 3.8) is 0 Å². The summed E-state index contributed by atoms with van der Waals surface area (Å²) in [6, 6.07) is 13.7. The molecule has 0 saturated carbocycles. The van der Waals surface area contributed by atoms with Gasteiger partial charge >= 0.3 is 6.09 Å². The number of nitrogens with two attached hydrogens (primary N) is 1. The molecule has 3 N–H and O–H groups in total. The van der Waals surface area contributed by atoms with Crippen LogP contribution in [0, 0.1) is 5.82 Å². The van der Waals surface area contributed by atoms with E-state index in [2.05, 4.69) is 5.32 Å². The summed E-state index contributed by atoms with van der Waals surface area (Å²) in [7, 11) is 0. The van der Waals surface area contributed by atoms with Crippen LogP contribution in [0.2, 0.25) is 0 Å². The number of carbonyl (C=O) groups is 1. The highest BCUT2D eigenvalue weighted by Gasteiger charge is 2.01. The zero-order valence-electron chi connectivity index (χ0n) is 12.7. The molecule has 0 unspecified atom stereocenters. The van der Waals surface area contributed by atoms with Crippen LogP contribution in [0.15, 0.2) is 54.6 Å². The molecule has 0 atom stereocenters. The smallest absolute Gasteiger partial charge is 0.407 e. The molecule has 0 aliphatic carbocycles. The molecule has 5 heteroatoms. The van der Waals surface area contributed by atoms with Gasteiger partial charge in [0.2, 0.25) is 0 Å².